The molecule has 1 N–H and O–H groups in total. The van der Waals surface area contributed by atoms with Gasteiger partial charge in [-0.15, -0.1) is 0 Å². The summed E-state index contributed by atoms with van der Waals surface area (Å²) in [4.78, 5) is 13.5. The highest BCUT2D eigenvalue weighted by molar-refractivity contribution is 6.06. The molecule has 0 aliphatic heterocycles. The molecule has 0 bridgehead atoms. The van der Waals surface area contributed by atoms with E-state index in [0.717, 1.165) is 61.8 Å². The first-order chi connectivity index (χ1) is 13.7. The standard InChI is InChI=1S/C25H34N2O2/c1-15-17(14-26-27(15)4)11-16-12-22-20-6-5-18-13-19(28)7-9-24(18,2)21(20)8-10-25(22,3)23(16)29/h5,11,14,19-22,28H,6-10,12-13H2,1-4H3/b16-11+/t19-,20+,21-,22-,24+,25-/m1/s1. The van der Waals surface area contributed by atoms with Gasteiger partial charge >= 0.3 is 0 Å². The van der Waals surface area contributed by atoms with E-state index in [2.05, 4.69) is 38.0 Å². The molecule has 4 heteroatoms. The third-order valence-corrected chi connectivity index (χ3v) is 9.32. The molecule has 0 spiro atoms. The zero-order chi connectivity index (χ0) is 20.6. The topological polar surface area (TPSA) is 55.1 Å². The number of allylic oxidation sites excluding steroid dienone is 2. The quantitative estimate of drug-likeness (QED) is 0.559. The minimum atomic E-state index is -0.209. The number of Topliss-reactive ketones (excluding diaryl/α,β-unsaturated/α-hetero) is 1. The largest absolute Gasteiger partial charge is 0.393 e. The number of aliphatic hydroxyl groups is 1. The molecule has 0 unspecified atom stereocenters. The van der Waals surface area contributed by atoms with E-state index in [9.17, 15) is 9.90 Å². The van der Waals surface area contributed by atoms with Crippen LogP contribution in [0.15, 0.2) is 23.4 Å². The van der Waals surface area contributed by atoms with Gasteiger partial charge in [-0.25, -0.2) is 0 Å². The number of aromatic nitrogens is 2. The molecule has 4 aliphatic carbocycles. The zero-order valence-electron chi connectivity index (χ0n) is 18.2. The van der Waals surface area contributed by atoms with E-state index in [0.29, 0.717) is 23.5 Å². The number of hydrogen-bond acceptors (Lipinski definition) is 3. The van der Waals surface area contributed by atoms with Gasteiger partial charge in [0, 0.05) is 23.7 Å². The van der Waals surface area contributed by atoms with Gasteiger partial charge < -0.3 is 5.11 Å². The van der Waals surface area contributed by atoms with Crippen molar-refractivity contribution in [1.29, 1.82) is 0 Å². The summed E-state index contributed by atoms with van der Waals surface area (Å²) in [7, 11) is 1.95. The third kappa shape index (κ3) is 2.67. The van der Waals surface area contributed by atoms with Crippen LogP contribution in [0.3, 0.4) is 0 Å². The van der Waals surface area contributed by atoms with E-state index >= 15 is 0 Å². The van der Waals surface area contributed by atoms with Gasteiger partial charge in [-0.3, -0.25) is 9.48 Å². The molecule has 1 aromatic heterocycles. The Labute approximate surface area is 174 Å². The molecular weight excluding hydrogens is 360 g/mol. The van der Waals surface area contributed by atoms with Gasteiger partial charge in [0.1, 0.15) is 0 Å². The number of carbonyl (C=O) groups is 1. The van der Waals surface area contributed by atoms with Crippen LogP contribution in [0, 0.1) is 35.5 Å². The molecule has 1 aromatic rings. The smallest absolute Gasteiger partial charge is 0.165 e. The van der Waals surface area contributed by atoms with Gasteiger partial charge in [0.15, 0.2) is 5.78 Å². The molecule has 5 rings (SSSR count). The van der Waals surface area contributed by atoms with Crippen LogP contribution in [0.25, 0.3) is 6.08 Å². The fourth-order valence-corrected chi connectivity index (χ4v) is 7.29. The van der Waals surface area contributed by atoms with Gasteiger partial charge in [0.25, 0.3) is 0 Å². The van der Waals surface area contributed by atoms with Crippen LogP contribution < -0.4 is 0 Å². The first-order valence-corrected chi connectivity index (χ1v) is 11.4. The number of hydrogen-bond donors (Lipinski definition) is 1. The second kappa shape index (κ2) is 6.41. The minimum Gasteiger partial charge on any atom is -0.393 e. The molecule has 156 valence electrons. The highest BCUT2D eigenvalue weighted by Gasteiger charge is 2.59. The Bertz CT molecular complexity index is 925. The fourth-order valence-electron chi connectivity index (χ4n) is 7.29. The number of carbonyl (C=O) groups excluding carboxylic acids is 1. The van der Waals surface area contributed by atoms with Crippen molar-refractivity contribution in [3.63, 3.8) is 0 Å². The summed E-state index contributed by atoms with van der Waals surface area (Å²) in [6.45, 7) is 6.74. The molecule has 1 heterocycles. The van der Waals surface area contributed by atoms with Crippen LogP contribution in [0.5, 0.6) is 0 Å². The Hall–Kier alpha value is -1.68. The lowest BCUT2D eigenvalue weighted by Crippen LogP contribution is -2.50. The zero-order valence-corrected chi connectivity index (χ0v) is 18.2. The van der Waals surface area contributed by atoms with Crippen molar-refractivity contribution in [2.75, 3.05) is 0 Å². The lowest BCUT2D eigenvalue weighted by molar-refractivity contribution is -0.130. The summed E-state index contributed by atoms with van der Waals surface area (Å²) >= 11 is 0. The van der Waals surface area contributed by atoms with Crippen molar-refractivity contribution in [1.82, 2.24) is 9.78 Å². The predicted molar refractivity (Wildman–Crippen MR) is 114 cm³/mol. The monoisotopic (exact) mass is 394 g/mol. The van der Waals surface area contributed by atoms with E-state index in [-0.39, 0.29) is 16.9 Å². The summed E-state index contributed by atoms with van der Waals surface area (Å²) in [5.74, 6) is 2.06. The van der Waals surface area contributed by atoms with Crippen molar-refractivity contribution in [2.24, 2.45) is 35.6 Å². The molecule has 3 saturated carbocycles. The Morgan fingerprint density at radius 1 is 1.17 bits per heavy atom. The fraction of sp³-hybridized carbons (Fsp3) is 0.680. The number of aliphatic hydroxyl groups excluding tert-OH is 1. The first kappa shape index (κ1) is 19.3. The summed E-state index contributed by atoms with van der Waals surface area (Å²) < 4.78 is 1.88. The number of ketones is 1. The van der Waals surface area contributed by atoms with Crippen LogP contribution in [-0.4, -0.2) is 26.8 Å². The molecule has 3 fully saturated rings. The number of aryl methyl sites for hydroxylation is 1. The highest BCUT2D eigenvalue weighted by Crippen LogP contribution is 2.64. The van der Waals surface area contributed by atoms with E-state index in [1.165, 1.54) is 5.57 Å². The molecule has 4 aliphatic rings. The maximum atomic E-state index is 13.5. The van der Waals surface area contributed by atoms with Gasteiger partial charge in [0.2, 0.25) is 0 Å². The molecule has 4 nitrogen and oxygen atoms in total. The Morgan fingerprint density at radius 2 is 1.93 bits per heavy atom. The molecule has 0 radical (unpaired) electrons. The predicted octanol–water partition coefficient (Wildman–Crippen LogP) is 4.61. The van der Waals surface area contributed by atoms with Crippen LogP contribution in [-0.2, 0) is 11.8 Å². The van der Waals surface area contributed by atoms with Crippen LogP contribution in [0.1, 0.15) is 70.1 Å². The van der Waals surface area contributed by atoms with Crippen molar-refractivity contribution in [3.05, 3.63) is 34.7 Å². The van der Waals surface area contributed by atoms with Crippen molar-refractivity contribution in [2.45, 2.75) is 71.8 Å². The van der Waals surface area contributed by atoms with E-state index in [1.54, 1.807) is 0 Å². The second-order valence-corrected chi connectivity index (χ2v) is 10.6. The maximum absolute atomic E-state index is 13.5. The molecule has 29 heavy (non-hydrogen) atoms. The van der Waals surface area contributed by atoms with Crippen molar-refractivity contribution in [3.8, 4) is 0 Å². The average Bonchev–Trinajstić information content (AvgIpc) is 3.14. The second-order valence-electron chi connectivity index (χ2n) is 10.6. The molecule has 0 saturated heterocycles. The SMILES string of the molecule is Cc1c(/C=C2\C[C@@H]3[C@H]4CC=C5C[C@H](O)CC[C@]5(C)[C@@H]4CC[C@@]3(C)C2=O)cnn1C. The maximum Gasteiger partial charge on any atom is 0.165 e. The van der Waals surface area contributed by atoms with Crippen LogP contribution >= 0.6 is 0 Å². The lowest BCUT2D eigenvalue weighted by Gasteiger charge is -2.56. The van der Waals surface area contributed by atoms with Crippen LogP contribution in [0.2, 0.25) is 0 Å². The summed E-state index contributed by atoms with van der Waals surface area (Å²) in [5, 5.41) is 14.5. The van der Waals surface area contributed by atoms with E-state index < -0.39 is 0 Å². The van der Waals surface area contributed by atoms with E-state index in [4.69, 9.17) is 0 Å². The highest BCUT2D eigenvalue weighted by atomic mass is 16.3. The Morgan fingerprint density at radius 3 is 2.66 bits per heavy atom. The number of fused-ring (bicyclic) bond motifs is 5. The third-order valence-electron chi connectivity index (χ3n) is 9.32. The molecule has 0 aromatic carbocycles. The number of nitrogens with zero attached hydrogens (tertiary/aromatic N) is 2. The summed E-state index contributed by atoms with van der Waals surface area (Å²) in [6.07, 6.45) is 13.3. The molecule has 0 amide bonds. The molecular formula is C25H34N2O2. The minimum absolute atomic E-state index is 0.162. The molecule has 6 atom stereocenters. The Kier molecular flexibility index (Phi) is 4.26. The normalized spacial score (nSPS) is 43.0. The summed E-state index contributed by atoms with van der Waals surface area (Å²) in [6, 6.07) is 0. The van der Waals surface area contributed by atoms with Gasteiger partial charge in [-0.05, 0) is 86.7 Å². The average molecular weight is 395 g/mol. The van der Waals surface area contributed by atoms with Crippen LogP contribution in [0.4, 0.5) is 0 Å². The van der Waals surface area contributed by atoms with Crippen molar-refractivity contribution >= 4 is 11.9 Å². The van der Waals surface area contributed by atoms with E-state index in [1.807, 2.05) is 17.9 Å². The van der Waals surface area contributed by atoms with Crippen molar-refractivity contribution < 1.29 is 9.90 Å². The van der Waals surface area contributed by atoms with Gasteiger partial charge in [-0.1, -0.05) is 25.5 Å². The Balaban J connectivity index is 1.49. The van der Waals surface area contributed by atoms with Gasteiger partial charge in [0.05, 0.1) is 12.3 Å². The first-order valence-electron chi connectivity index (χ1n) is 11.4. The summed E-state index contributed by atoms with van der Waals surface area (Å²) in [5.41, 5.74) is 4.70. The number of rotatable bonds is 1. The lowest BCUT2D eigenvalue weighted by atomic mass is 9.48. The van der Waals surface area contributed by atoms with Gasteiger partial charge in [-0.2, -0.15) is 5.10 Å².